The monoisotopic (exact) mass is 235 g/mol. The number of fused-ring (bicyclic) bond motifs is 1. The number of rotatable bonds is 1. The summed E-state index contributed by atoms with van der Waals surface area (Å²) < 4.78 is 0. The van der Waals surface area contributed by atoms with Crippen molar-refractivity contribution in [1.29, 1.82) is 0 Å². The zero-order valence-electron chi connectivity index (χ0n) is 9.09. The normalized spacial score (nSPS) is 28.9. The van der Waals surface area contributed by atoms with E-state index in [-0.39, 0.29) is 11.6 Å². The molecule has 1 aliphatic carbocycles. The molecule has 2 atom stereocenters. The standard InChI is InChI=1S/C10H13N5O2/c11-7-6-8(13-4-12-6)15-9(14-7)10(17)3-1-2-5(10)16/h4-5,16-17H,1-3H2,(H3,11,12,13,14,15). The molecule has 7 heteroatoms. The second-order valence-corrected chi connectivity index (χ2v) is 4.37. The average molecular weight is 235 g/mol. The SMILES string of the molecule is Nc1nc(C2(O)CCCC2O)nc2nc[nH]c12. The van der Waals surface area contributed by atoms with Crippen molar-refractivity contribution in [2.24, 2.45) is 0 Å². The van der Waals surface area contributed by atoms with Gasteiger partial charge >= 0.3 is 0 Å². The first-order valence-electron chi connectivity index (χ1n) is 5.49. The van der Waals surface area contributed by atoms with Gasteiger partial charge in [-0.25, -0.2) is 15.0 Å². The van der Waals surface area contributed by atoms with Gasteiger partial charge in [-0.05, 0) is 19.3 Å². The van der Waals surface area contributed by atoms with E-state index >= 15 is 0 Å². The van der Waals surface area contributed by atoms with Crippen LogP contribution in [0.3, 0.4) is 0 Å². The largest absolute Gasteiger partial charge is 0.390 e. The number of imidazole rings is 1. The van der Waals surface area contributed by atoms with Gasteiger partial charge in [-0.3, -0.25) is 0 Å². The van der Waals surface area contributed by atoms with Crippen LogP contribution in [0.2, 0.25) is 0 Å². The highest BCUT2D eigenvalue weighted by Crippen LogP contribution is 2.37. The summed E-state index contributed by atoms with van der Waals surface area (Å²) in [5.74, 6) is 0.384. The molecule has 17 heavy (non-hydrogen) atoms. The topological polar surface area (TPSA) is 121 Å². The number of nitrogens with two attached hydrogens (primary N) is 1. The van der Waals surface area contributed by atoms with Crippen LogP contribution in [-0.2, 0) is 5.60 Å². The number of hydrogen-bond acceptors (Lipinski definition) is 6. The van der Waals surface area contributed by atoms with Crippen LogP contribution in [0.5, 0.6) is 0 Å². The summed E-state index contributed by atoms with van der Waals surface area (Å²) in [6.45, 7) is 0. The van der Waals surface area contributed by atoms with E-state index < -0.39 is 11.7 Å². The Hall–Kier alpha value is -1.73. The molecule has 0 saturated heterocycles. The fraction of sp³-hybridized carbons (Fsp3) is 0.500. The maximum absolute atomic E-state index is 10.4. The minimum absolute atomic E-state index is 0.152. The van der Waals surface area contributed by atoms with E-state index in [0.29, 0.717) is 24.0 Å². The minimum Gasteiger partial charge on any atom is -0.390 e. The Morgan fingerprint density at radius 2 is 2.29 bits per heavy atom. The van der Waals surface area contributed by atoms with Crippen molar-refractivity contribution in [3.05, 3.63) is 12.2 Å². The van der Waals surface area contributed by atoms with Gasteiger partial charge in [0.2, 0.25) is 0 Å². The second-order valence-electron chi connectivity index (χ2n) is 4.37. The van der Waals surface area contributed by atoms with Gasteiger partial charge in [0.1, 0.15) is 11.1 Å². The van der Waals surface area contributed by atoms with Gasteiger partial charge in [0.25, 0.3) is 0 Å². The lowest BCUT2D eigenvalue weighted by atomic mass is 9.99. The molecule has 2 heterocycles. The van der Waals surface area contributed by atoms with Crippen molar-refractivity contribution >= 4 is 17.0 Å². The summed E-state index contributed by atoms with van der Waals surface area (Å²) in [5.41, 5.74) is 5.31. The molecule has 1 fully saturated rings. The van der Waals surface area contributed by atoms with Gasteiger partial charge in [-0.15, -0.1) is 0 Å². The van der Waals surface area contributed by atoms with Crippen molar-refractivity contribution in [3.63, 3.8) is 0 Å². The summed E-state index contributed by atoms with van der Waals surface area (Å²) in [4.78, 5) is 15.0. The Morgan fingerprint density at radius 1 is 1.47 bits per heavy atom. The van der Waals surface area contributed by atoms with E-state index in [0.717, 1.165) is 6.42 Å². The lowest BCUT2D eigenvalue weighted by Crippen LogP contribution is -2.36. The smallest absolute Gasteiger partial charge is 0.183 e. The molecule has 90 valence electrons. The first-order valence-corrected chi connectivity index (χ1v) is 5.49. The van der Waals surface area contributed by atoms with Crippen molar-refractivity contribution in [3.8, 4) is 0 Å². The maximum Gasteiger partial charge on any atom is 0.183 e. The van der Waals surface area contributed by atoms with Gasteiger partial charge in [-0.1, -0.05) is 0 Å². The van der Waals surface area contributed by atoms with E-state index in [9.17, 15) is 10.2 Å². The highest BCUT2D eigenvalue weighted by Gasteiger charge is 2.44. The molecule has 0 aromatic carbocycles. The third-order valence-corrected chi connectivity index (χ3v) is 3.29. The molecule has 0 bridgehead atoms. The van der Waals surface area contributed by atoms with Crippen LogP contribution in [0.1, 0.15) is 25.1 Å². The summed E-state index contributed by atoms with van der Waals surface area (Å²) in [6.07, 6.45) is 2.33. The number of H-pyrrole nitrogens is 1. The molecule has 2 aromatic heterocycles. The van der Waals surface area contributed by atoms with Crippen molar-refractivity contribution in [2.45, 2.75) is 31.0 Å². The average Bonchev–Trinajstić information content (AvgIpc) is 2.88. The van der Waals surface area contributed by atoms with E-state index in [1.165, 1.54) is 6.33 Å². The van der Waals surface area contributed by atoms with Crippen molar-refractivity contribution in [1.82, 2.24) is 19.9 Å². The number of nitrogen functional groups attached to an aromatic ring is 1. The molecule has 2 unspecified atom stereocenters. The Labute approximate surface area is 96.7 Å². The van der Waals surface area contributed by atoms with Gasteiger partial charge in [0.05, 0.1) is 12.4 Å². The quantitative estimate of drug-likeness (QED) is 0.537. The number of aromatic amines is 1. The second kappa shape index (κ2) is 3.38. The molecule has 3 rings (SSSR count). The predicted octanol–water partition coefficient (Wildman–Crippen LogP) is -0.333. The van der Waals surface area contributed by atoms with Crippen molar-refractivity contribution < 1.29 is 10.2 Å². The van der Waals surface area contributed by atoms with Crippen LogP contribution in [0.4, 0.5) is 5.82 Å². The zero-order valence-corrected chi connectivity index (χ0v) is 9.09. The first kappa shape index (κ1) is 10.4. The Morgan fingerprint density at radius 3 is 3.00 bits per heavy atom. The van der Waals surface area contributed by atoms with Crippen LogP contribution < -0.4 is 5.73 Å². The number of anilines is 1. The molecule has 2 aromatic rings. The maximum atomic E-state index is 10.4. The van der Waals surface area contributed by atoms with Gasteiger partial charge in [0.15, 0.2) is 17.3 Å². The van der Waals surface area contributed by atoms with Crippen LogP contribution in [0.25, 0.3) is 11.2 Å². The molecule has 0 radical (unpaired) electrons. The number of hydrogen-bond donors (Lipinski definition) is 4. The molecule has 0 amide bonds. The number of aromatic nitrogens is 4. The van der Waals surface area contributed by atoms with Gasteiger partial charge < -0.3 is 20.9 Å². The number of aliphatic hydroxyl groups excluding tert-OH is 1. The lowest BCUT2D eigenvalue weighted by molar-refractivity contribution is -0.0640. The zero-order chi connectivity index (χ0) is 12.0. The molecule has 7 nitrogen and oxygen atoms in total. The van der Waals surface area contributed by atoms with Crippen LogP contribution in [0.15, 0.2) is 6.33 Å². The number of nitrogens with zero attached hydrogens (tertiary/aromatic N) is 3. The number of aliphatic hydroxyl groups is 2. The van der Waals surface area contributed by atoms with E-state index in [1.807, 2.05) is 0 Å². The summed E-state index contributed by atoms with van der Waals surface area (Å²) >= 11 is 0. The summed E-state index contributed by atoms with van der Waals surface area (Å²) in [7, 11) is 0. The van der Waals surface area contributed by atoms with Gasteiger partial charge in [-0.2, -0.15) is 0 Å². The highest BCUT2D eigenvalue weighted by atomic mass is 16.3. The van der Waals surface area contributed by atoms with E-state index in [2.05, 4.69) is 19.9 Å². The summed E-state index contributed by atoms with van der Waals surface area (Å²) in [6, 6.07) is 0. The highest BCUT2D eigenvalue weighted by molar-refractivity contribution is 5.80. The third-order valence-electron chi connectivity index (χ3n) is 3.29. The Bertz CT molecular complexity index is 569. The molecule has 0 aliphatic heterocycles. The molecule has 1 saturated carbocycles. The minimum atomic E-state index is -1.40. The fourth-order valence-electron chi connectivity index (χ4n) is 2.28. The molecular formula is C10H13N5O2. The Balaban J connectivity index is 2.17. The molecule has 0 spiro atoms. The van der Waals surface area contributed by atoms with E-state index in [1.54, 1.807) is 0 Å². The summed E-state index contributed by atoms with van der Waals surface area (Å²) in [5, 5.41) is 20.2. The first-order chi connectivity index (χ1) is 8.11. The van der Waals surface area contributed by atoms with Crippen molar-refractivity contribution in [2.75, 3.05) is 5.73 Å². The molecular weight excluding hydrogens is 222 g/mol. The lowest BCUT2D eigenvalue weighted by Gasteiger charge is -2.24. The number of nitrogens with one attached hydrogen (secondary N) is 1. The van der Waals surface area contributed by atoms with E-state index in [4.69, 9.17) is 5.73 Å². The van der Waals surface area contributed by atoms with Crippen LogP contribution >= 0.6 is 0 Å². The Kier molecular flexibility index (Phi) is 2.07. The van der Waals surface area contributed by atoms with Crippen LogP contribution in [-0.4, -0.2) is 36.3 Å². The van der Waals surface area contributed by atoms with Crippen LogP contribution in [0, 0.1) is 0 Å². The van der Waals surface area contributed by atoms with Gasteiger partial charge in [0, 0.05) is 0 Å². The third kappa shape index (κ3) is 1.39. The molecule has 5 N–H and O–H groups in total. The molecule has 1 aliphatic rings. The fourth-order valence-corrected chi connectivity index (χ4v) is 2.28. The predicted molar refractivity (Wildman–Crippen MR) is 59.9 cm³/mol.